The maximum atomic E-state index is 3.65. The number of benzene rings is 1. The first-order chi connectivity index (χ1) is 9.25. The van der Waals surface area contributed by atoms with Gasteiger partial charge in [0.1, 0.15) is 0 Å². The van der Waals surface area contributed by atoms with E-state index in [0.717, 1.165) is 22.2 Å². The third-order valence-electron chi connectivity index (χ3n) is 4.91. The number of piperidine rings is 1. The number of nitrogens with one attached hydrogen (secondary N) is 1. The van der Waals surface area contributed by atoms with Crippen LogP contribution in [0.15, 0.2) is 27.1 Å². The zero-order chi connectivity index (χ0) is 13.2. The lowest BCUT2D eigenvalue weighted by atomic mass is 9.74. The molecule has 1 saturated heterocycles. The molecular formula is C16H21Br2N. The second kappa shape index (κ2) is 6.28. The van der Waals surface area contributed by atoms with E-state index in [1.807, 2.05) is 0 Å². The molecule has 1 aromatic carbocycles. The first kappa shape index (κ1) is 14.1. The molecule has 2 fully saturated rings. The molecule has 1 N–H and O–H groups in total. The Bertz CT molecular complexity index is 440. The fourth-order valence-corrected chi connectivity index (χ4v) is 4.56. The third kappa shape index (κ3) is 3.08. The summed E-state index contributed by atoms with van der Waals surface area (Å²) < 4.78 is 2.34. The molecule has 1 aromatic rings. The van der Waals surface area contributed by atoms with E-state index in [0.29, 0.717) is 0 Å². The highest BCUT2D eigenvalue weighted by molar-refractivity contribution is 9.13. The van der Waals surface area contributed by atoms with Crippen molar-refractivity contribution in [2.24, 2.45) is 11.8 Å². The summed E-state index contributed by atoms with van der Waals surface area (Å²) in [7, 11) is 0. The SMILES string of the molecule is Brc1ccc(C2CCNCC2C2CCCC2)cc1Br. The van der Waals surface area contributed by atoms with Crippen LogP contribution in [0.3, 0.4) is 0 Å². The van der Waals surface area contributed by atoms with Crippen LogP contribution in [-0.2, 0) is 0 Å². The van der Waals surface area contributed by atoms with Crippen LogP contribution in [0.4, 0.5) is 0 Å². The van der Waals surface area contributed by atoms with Crippen molar-refractivity contribution in [2.75, 3.05) is 13.1 Å². The van der Waals surface area contributed by atoms with E-state index in [-0.39, 0.29) is 0 Å². The molecule has 19 heavy (non-hydrogen) atoms. The third-order valence-corrected chi connectivity index (χ3v) is 6.79. The maximum Gasteiger partial charge on any atom is 0.0320 e. The summed E-state index contributed by atoms with van der Waals surface area (Å²) in [5.74, 6) is 2.53. The van der Waals surface area contributed by atoms with Crippen LogP contribution in [0.25, 0.3) is 0 Å². The van der Waals surface area contributed by atoms with Gasteiger partial charge >= 0.3 is 0 Å². The fraction of sp³-hybridized carbons (Fsp3) is 0.625. The van der Waals surface area contributed by atoms with Gasteiger partial charge in [-0.3, -0.25) is 0 Å². The van der Waals surface area contributed by atoms with Crippen molar-refractivity contribution in [1.82, 2.24) is 5.32 Å². The van der Waals surface area contributed by atoms with E-state index in [9.17, 15) is 0 Å². The molecule has 0 spiro atoms. The maximum absolute atomic E-state index is 3.65. The van der Waals surface area contributed by atoms with Gasteiger partial charge in [-0.05, 0) is 86.8 Å². The molecule has 3 heteroatoms. The van der Waals surface area contributed by atoms with Crippen LogP contribution >= 0.6 is 31.9 Å². The molecule has 104 valence electrons. The van der Waals surface area contributed by atoms with Gasteiger partial charge in [-0.25, -0.2) is 0 Å². The highest BCUT2D eigenvalue weighted by Crippen LogP contribution is 2.42. The standard InChI is InChI=1S/C16H21Br2N/c17-15-6-5-12(9-16(15)18)13-7-8-19-10-14(13)11-3-1-2-4-11/h5-6,9,11,13-14,19H,1-4,7-8,10H2. The first-order valence-electron chi connectivity index (χ1n) is 7.41. The van der Waals surface area contributed by atoms with E-state index in [1.54, 1.807) is 0 Å². The summed E-state index contributed by atoms with van der Waals surface area (Å²) in [5.41, 5.74) is 1.52. The molecule has 1 heterocycles. The summed E-state index contributed by atoms with van der Waals surface area (Å²) >= 11 is 7.23. The van der Waals surface area contributed by atoms with Crippen LogP contribution in [0.1, 0.15) is 43.6 Å². The van der Waals surface area contributed by atoms with Crippen LogP contribution < -0.4 is 5.32 Å². The Labute approximate surface area is 132 Å². The van der Waals surface area contributed by atoms with Crippen LogP contribution in [-0.4, -0.2) is 13.1 Å². The minimum atomic E-state index is 0.744. The average molecular weight is 387 g/mol. The summed E-state index contributed by atoms with van der Waals surface area (Å²) in [4.78, 5) is 0. The quantitative estimate of drug-likeness (QED) is 0.745. The normalized spacial score (nSPS) is 28.7. The highest BCUT2D eigenvalue weighted by Gasteiger charge is 2.34. The summed E-state index contributed by atoms with van der Waals surface area (Å²) in [6, 6.07) is 6.82. The topological polar surface area (TPSA) is 12.0 Å². The molecular weight excluding hydrogens is 366 g/mol. The molecule has 3 rings (SSSR count). The van der Waals surface area contributed by atoms with Gasteiger partial charge in [0, 0.05) is 8.95 Å². The number of hydrogen-bond acceptors (Lipinski definition) is 1. The van der Waals surface area contributed by atoms with Crippen molar-refractivity contribution in [3.8, 4) is 0 Å². The second-order valence-corrected chi connectivity index (χ2v) is 7.69. The Hall–Kier alpha value is 0.140. The van der Waals surface area contributed by atoms with Gasteiger partial charge in [-0.1, -0.05) is 31.7 Å². The number of halogens is 2. The van der Waals surface area contributed by atoms with Crippen LogP contribution in [0.2, 0.25) is 0 Å². The molecule has 1 nitrogen and oxygen atoms in total. The van der Waals surface area contributed by atoms with E-state index < -0.39 is 0 Å². The predicted octanol–water partition coefficient (Wildman–Crippen LogP) is 5.09. The number of hydrogen-bond donors (Lipinski definition) is 1. The van der Waals surface area contributed by atoms with Gasteiger partial charge in [-0.2, -0.15) is 0 Å². The Morgan fingerprint density at radius 1 is 1.00 bits per heavy atom. The lowest BCUT2D eigenvalue weighted by Gasteiger charge is -2.36. The highest BCUT2D eigenvalue weighted by atomic mass is 79.9. The lowest BCUT2D eigenvalue weighted by molar-refractivity contribution is 0.231. The molecule has 0 radical (unpaired) electrons. The molecule has 0 aromatic heterocycles. The Balaban J connectivity index is 1.84. The smallest absolute Gasteiger partial charge is 0.0320 e. The zero-order valence-corrected chi connectivity index (χ0v) is 14.3. The van der Waals surface area contributed by atoms with Gasteiger partial charge in [0.25, 0.3) is 0 Å². The van der Waals surface area contributed by atoms with E-state index >= 15 is 0 Å². The Morgan fingerprint density at radius 2 is 1.79 bits per heavy atom. The van der Waals surface area contributed by atoms with Crippen molar-refractivity contribution in [3.05, 3.63) is 32.7 Å². The molecule has 2 unspecified atom stereocenters. The van der Waals surface area contributed by atoms with E-state index in [4.69, 9.17) is 0 Å². The van der Waals surface area contributed by atoms with Gasteiger partial charge in [-0.15, -0.1) is 0 Å². The minimum Gasteiger partial charge on any atom is -0.316 e. The van der Waals surface area contributed by atoms with Gasteiger partial charge in [0.2, 0.25) is 0 Å². The first-order valence-corrected chi connectivity index (χ1v) is 9.00. The van der Waals surface area contributed by atoms with Crippen molar-refractivity contribution in [1.29, 1.82) is 0 Å². The summed E-state index contributed by atoms with van der Waals surface area (Å²) in [5, 5.41) is 3.62. The molecule has 1 aliphatic heterocycles. The lowest BCUT2D eigenvalue weighted by Crippen LogP contribution is -2.38. The molecule has 0 amide bonds. The average Bonchev–Trinajstić information content (AvgIpc) is 2.96. The van der Waals surface area contributed by atoms with Gasteiger partial charge in [0.05, 0.1) is 0 Å². The van der Waals surface area contributed by atoms with E-state index in [1.165, 1.54) is 55.2 Å². The molecule has 1 saturated carbocycles. The largest absolute Gasteiger partial charge is 0.316 e. The number of rotatable bonds is 2. The van der Waals surface area contributed by atoms with Crippen LogP contribution in [0.5, 0.6) is 0 Å². The van der Waals surface area contributed by atoms with Crippen molar-refractivity contribution < 1.29 is 0 Å². The van der Waals surface area contributed by atoms with Crippen molar-refractivity contribution in [2.45, 2.75) is 38.0 Å². The van der Waals surface area contributed by atoms with Crippen molar-refractivity contribution >= 4 is 31.9 Å². The van der Waals surface area contributed by atoms with Gasteiger partial charge in [0.15, 0.2) is 0 Å². The molecule has 0 bridgehead atoms. The van der Waals surface area contributed by atoms with Gasteiger partial charge < -0.3 is 5.32 Å². The molecule has 1 aliphatic carbocycles. The Kier molecular flexibility index (Phi) is 4.66. The van der Waals surface area contributed by atoms with Crippen LogP contribution in [0, 0.1) is 11.8 Å². The predicted molar refractivity (Wildman–Crippen MR) is 87.5 cm³/mol. The molecule has 2 aliphatic rings. The fourth-order valence-electron chi connectivity index (χ4n) is 3.92. The summed E-state index contributed by atoms with van der Waals surface area (Å²) in [6.07, 6.45) is 7.06. The zero-order valence-electron chi connectivity index (χ0n) is 11.2. The van der Waals surface area contributed by atoms with E-state index in [2.05, 4.69) is 55.4 Å². The Morgan fingerprint density at radius 3 is 2.53 bits per heavy atom. The monoisotopic (exact) mass is 385 g/mol. The minimum absolute atomic E-state index is 0.744. The van der Waals surface area contributed by atoms with Crippen molar-refractivity contribution in [3.63, 3.8) is 0 Å². The molecule has 2 atom stereocenters. The second-order valence-electron chi connectivity index (χ2n) is 5.98. The summed E-state index contributed by atoms with van der Waals surface area (Å²) in [6.45, 7) is 2.38.